The minimum Gasteiger partial charge on any atom is -0.326 e. The molecule has 0 aliphatic carbocycles. The molecule has 1 aromatic carbocycles. The second-order valence-electron chi connectivity index (χ2n) is 4.79. The third kappa shape index (κ3) is 5.40. The van der Waals surface area contributed by atoms with Crippen LogP contribution in [0.3, 0.4) is 0 Å². The average molecular weight is 284 g/mol. The van der Waals surface area contributed by atoms with E-state index in [2.05, 4.69) is 10.0 Å². The predicted molar refractivity (Wildman–Crippen MR) is 75.4 cm³/mol. The van der Waals surface area contributed by atoms with Crippen molar-refractivity contribution in [3.05, 3.63) is 24.3 Å². The minimum atomic E-state index is -3.46. The molecule has 0 radical (unpaired) electrons. The van der Waals surface area contributed by atoms with Crippen LogP contribution in [0.15, 0.2) is 29.2 Å². The van der Waals surface area contributed by atoms with Gasteiger partial charge in [0.1, 0.15) is 0 Å². The van der Waals surface area contributed by atoms with Crippen molar-refractivity contribution in [3.8, 4) is 0 Å². The molecule has 6 heteroatoms. The number of nitrogens with one attached hydrogen (secondary N) is 2. The second-order valence-corrected chi connectivity index (χ2v) is 6.55. The van der Waals surface area contributed by atoms with Gasteiger partial charge in [-0.2, -0.15) is 0 Å². The fraction of sp³-hybridized carbons (Fsp3) is 0.462. The molecule has 0 aliphatic rings. The molecule has 1 rings (SSSR count). The topological polar surface area (TPSA) is 75.3 Å². The smallest absolute Gasteiger partial charge is 0.240 e. The van der Waals surface area contributed by atoms with Crippen molar-refractivity contribution in [1.29, 1.82) is 0 Å². The van der Waals surface area contributed by atoms with Gasteiger partial charge in [-0.05, 0) is 36.6 Å². The molecule has 0 saturated heterocycles. The summed E-state index contributed by atoms with van der Waals surface area (Å²) in [4.78, 5) is 11.1. The molecule has 1 aromatic rings. The summed E-state index contributed by atoms with van der Waals surface area (Å²) in [5.74, 6) is 0.260. The fourth-order valence-corrected chi connectivity index (χ4v) is 2.53. The third-order valence-electron chi connectivity index (χ3n) is 2.50. The molecular weight excluding hydrogens is 264 g/mol. The molecule has 0 fully saturated rings. The molecule has 0 saturated carbocycles. The van der Waals surface area contributed by atoms with Gasteiger partial charge in [0.2, 0.25) is 15.9 Å². The van der Waals surface area contributed by atoms with E-state index in [9.17, 15) is 13.2 Å². The quantitative estimate of drug-likeness (QED) is 0.838. The number of rotatable bonds is 6. The highest BCUT2D eigenvalue weighted by molar-refractivity contribution is 7.89. The molecule has 0 unspecified atom stereocenters. The Hall–Kier alpha value is -1.40. The normalized spacial score (nSPS) is 11.6. The van der Waals surface area contributed by atoms with Crippen LogP contribution >= 0.6 is 0 Å². The van der Waals surface area contributed by atoms with Crippen LogP contribution in [0.1, 0.15) is 27.2 Å². The number of carbonyl (C=O) groups excluding carboxylic acids is 1. The Morgan fingerprint density at radius 1 is 1.21 bits per heavy atom. The molecule has 0 aliphatic heterocycles. The Balaban J connectivity index is 2.70. The van der Waals surface area contributed by atoms with Crippen LogP contribution in [-0.2, 0) is 14.8 Å². The van der Waals surface area contributed by atoms with Crippen LogP contribution in [0.5, 0.6) is 0 Å². The number of benzene rings is 1. The van der Waals surface area contributed by atoms with Gasteiger partial charge in [-0.15, -0.1) is 0 Å². The highest BCUT2D eigenvalue weighted by Gasteiger charge is 2.13. The van der Waals surface area contributed by atoms with Crippen molar-refractivity contribution >= 4 is 21.6 Å². The van der Waals surface area contributed by atoms with E-state index in [1.165, 1.54) is 19.1 Å². The summed E-state index contributed by atoms with van der Waals surface area (Å²) >= 11 is 0. The van der Waals surface area contributed by atoms with Gasteiger partial charge in [0, 0.05) is 19.2 Å². The first-order valence-electron chi connectivity index (χ1n) is 6.18. The van der Waals surface area contributed by atoms with Crippen molar-refractivity contribution in [3.63, 3.8) is 0 Å². The highest BCUT2D eigenvalue weighted by atomic mass is 32.2. The van der Waals surface area contributed by atoms with Crippen LogP contribution in [0, 0.1) is 5.92 Å². The number of hydrogen-bond donors (Lipinski definition) is 2. The number of anilines is 1. The van der Waals surface area contributed by atoms with Crippen LogP contribution < -0.4 is 10.0 Å². The summed E-state index contributed by atoms with van der Waals surface area (Å²) in [6, 6.07) is 6.09. The first kappa shape index (κ1) is 15.7. The summed E-state index contributed by atoms with van der Waals surface area (Å²) in [5.41, 5.74) is 0.577. The Labute approximate surface area is 114 Å². The Kier molecular flexibility index (Phi) is 5.50. The van der Waals surface area contributed by atoms with Crippen LogP contribution in [0.4, 0.5) is 5.69 Å². The fourth-order valence-electron chi connectivity index (χ4n) is 1.49. The van der Waals surface area contributed by atoms with E-state index >= 15 is 0 Å². The maximum absolute atomic E-state index is 11.9. The number of hydrogen-bond acceptors (Lipinski definition) is 3. The Morgan fingerprint density at radius 2 is 1.79 bits per heavy atom. The summed E-state index contributed by atoms with van der Waals surface area (Å²) in [6.45, 7) is 5.90. The summed E-state index contributed by atoms with van der Waals surface area (Å²) in [7, 11) is -3.46. The monoisotopic (exact) mass is 284 g/mol. The zero-order valence-electron chi connectivity index (χ0n) is 11.4. The van der Waals surface area contributed by atoms with Crippen LogP contribution in [0.2, 0.25) is 0 Å². The first-order chi connectivity index (χ1) is 8.81. The van der Waals surface area contributed by atoms with Gasteiger partial charge in [0.25, 0.3) is 0 Å². The molecule has 0 atom stereocenters. The highest BCUT2D eigenvalue weighted by Crippen LogP contribution is 2.14. The standard InChI is InChI=1S/C13H20N2O3S/c1-10(2)8-9-14-19(17,18)13-6-4-12(5-7-13)15-11(3)16/h4-7,10,14H,8-9H2,1-3H3,(H,15,16). The lowest BCUT2D eigenvalue weighted by Gasteiger charge is -2.09. The molecule has 5 nitrogen and oxygen atoms in total. The summed E-state index contributed by atoms with van der Waals surface area (Å²) in [5, 5.41) is 2.59. The lowest BCUT2D eigenvalue weighted by Crippen LogP contribution is -2.25. The van der Waals surface area contributed by atoms with E-state index < -0.39 is 10.0 Å². The zero-order chi connectivity index (χ0) is 14.5. The summed E-state index contributed by atoms with van der Waals surface area (Å²) in [6.07, 6.45) is 0.795. The Morgan fingerprint density at radius 3 is 2.26 bits per heavy atom. The molecule has 1 amide bonds. The Bertz CT molecular complexity index is 521. The maximum Gasteiger partial charge on any atom is 0.240 e. The van der Waals surface area contributed by atoms with Crippen LogP contribution in [0.25, 0.3) is 0 Å². The second kappa shape index (κ2) is 6.68. The molecule has 0 heterocycles. The van der Waals surface area contributed by atoms with E-state index in [1.54, 1.807) is 12.1 Å². The molecule has 106 valence electrons. The average Bonchev–Trinajstić information content (AvgIpc) is 2.28. The molecule has 0 bridgehead atoms. The molecular formula is C13H20N2O3S. The lowest BCUT2D eigenvalue weighted by molar-refractivity contribution is -0.114. The van der Waals surface area contributed by atoms with Crippen molar-refractivity contribution in [2.75, 3.05) is 11.9 Å². The van der Waals surface area contributed by atoms with Gasteiger partial charge in [-0.1, -0.05) is 13.8 Å². The molecule has 0 spiro atoms. The van der Waals surface area contributed by atoms with Crippen LogP contribution in [-0.4, -0.2) is 20.9 Å². The van der Waals surface area contributed by atoms with Crippen molar-refractivity contribution in [1.82, 2.24) is 4.72 Å². The van der Waals surface area contributed by atoms with Gasteiger partial charge in [-0.3, -0.25) is 4.79 Å². The van der Waals surface area contributed by atoms with Crippen molar-refractivity contribution < 1.29 is 13.2 Å². The molecule has 2 N–H and O–H groups in total. The lowest BCUT2D eigenvalue weighted by atomic mass is 10.1. The maximum atomic E-state index is 11.9. The van der Waals surface area contributed by atoms with Crippen molar-refractivity contribution in [2.45, 2.75) is 32.1 Å². The first-order valence-corrected chi connectivity index (χ1v) is 7.67. The van der Waals surface area contributed by atoms with Gasteiger partial charge < -0.3 is 5.32 Å². The van der Waals surface area contributed by atoms with Gasteiger partial charge >= 0.3 is 0 Å². The SMILES string of the molecule is CC(=O)Nc1ccc(S(=O)(=O)NCCC(C)C)cc1. The molecule has 0 aromatic heterocycles. The van der Waals surface area contributed by atoms with E-state index in [1.807, 2.05) is 13.8 Å². The minimum absolute atomic E-state index is 0.189. The van der Waals surface area contributed by atoms with Crippen molar-refractivity contribution in [2.24, 2.45) is 5.92 Å². The van der Waals surface area contributed by atoms with Gasteiger partial charge in [0.05, 0.1) is 4.90 Å². The molecule has 19 heavy (non-hydrogen) atoms. The van der Waals surface area contributed by atoms with E-state index in [0.29, 0.717) is 18.2 Å². The summed E-state index contributed by atoms with van der Waals surface area (Å²) < 4.78 is 26.4. The van der Waals surface area contributed by atoms with Gasteiger partial charge in [0.15, 0.2) is 0 Å². The number of carbonyl (C=O) groups is 1. The van der Waals surface area contributed by atoms with E-state index in [0.717, 1.165) is 6.42 Å². The van der Waals surface area contributed by atoms with E-state index in [-0.39, 0.29) is 10.8 Å². The zero-order valence-corrected chi connectivity index (χ0v) is 12.3. The largest absolute Gasteiger partial charge is 0.326 e. The predicted octanol–water partition coefficient (Wildman–Crippen LogP) is 1.97. The van der Waals surface area contributed by atoms with E-state index in [4.69, 9.17) is 0 Å². The number of amides is 1. The van der Waals surface area contributed by atoms with Gasteiger partial charge in [-0.25, -0.2) is 13.1 Å². The number of sulfonamides is 1. The third-order valence-corrected chi connectivity index (χ3v) is 3.98.